The van der Waals surface area contributed by atoms with E-state index in [4.69, 9.17) is 0 Å². The van der Waals surface area contributed by atoms with E-state index in [9.17, 15) is 14.4 Å². The molecule has 5 rings (SSSR count). The zero-order valence-electron chi connectivity index (χ0n) is 18.4. The Bertz CT molecular complexity index is 1270. The predicted molar refractivity (Wildman–Crippen MR) is 131 cm³/mol. The molecule has 1 saturated heterocycles. The molecular weight excluding hydrogens is 434 g/mol. The van der Waals surface area contributed by atoms with Crippen LogP contribution in [-0.4, -0.2) is 30.0 Å². The Morgan fingerprint density at radius 2 is 1.73 bits per heavy atom. The van der Waals surface area contributed by atoms with Gasteiger partial charge in [-0.05, 0) is 49.7 Å². The number of aryl methyl sites for hydroxylation is 2. The number of nitrogens with one attached hydrogen (secondary N) is 1. The normalized spacial score (nSPS) is 19.3. The van der Waals surface area contributed by atoms with Gasteiger partial charge in [0.2, 0.25) is 16.7 Å². The fourth-order valence-electron chi connectivity index (χ4n) is 4.47. The molecule has 0 bridgehead atoms. The van der Waals surface area contributed by atoms with Crippen LogP contribution < -0.4 is 15.1 Å². The SMILES string of the molecule is Cc1ccc(N2C(=O)CS[C@]23C(=O)N(CC(=O)Nc2cccc(C)c2)c2ccccc23)cc1. The van der Waals surface area contributed by atoms with Gasteiger partial charge in [0.1, 0.15) is 6.54 Å². The van der Waals surface area contributed by atoms with Gasteiger partial charge in [-0.1, -0.05) is 48.0 Å². The number of hydrogen-bond acceptors (Lipinski definition) is 4. The number of carbonyl (C=O) groups is 3. The number of nitrogens with zero attached hydrogens (tertiary/aromatic N) is 2. The Hall–Kier alpha value is -3.58. The number of carbonyl (C=O) groups excluding carboxylic acids is 3. The van der Waals surface area contributed by atoms with Crippen LogP contribution in [0.3, 0.4) is 0 Å². The maximum Gasteiger partial charge on any atom is 0.269 e. The fraction of sp³-hybridized carbons (Fsp3) is 0.192. The molecule has 1 atom stereocenters. The van der Waals surface area contributed by atoms with Crippen LogP contribution in [0.25, 0.3) is 0 Å². The third-order valence-electron chi connectivity index (χ3n) is 5.96. The van der Waals surface area contributed by atoms with E-state index in [2.05, 4.69) is 5.32 Å². The van der Waals surface area contributed by atoms with Crippen LogP contribution in [-0.2, 0) is 19.3 Å². The van der Waals surface area contributed by atoms with E-state index in [1.807, 2.05) is 86.6 Å². The van der Waals surface area contributed by atoms with E-state index >= 15 is 0 Å². The highest BCUT2D eigenvalue weighted by molar-refractivity contribution is 8.02. The second-order valence-corrected chi connectivity index (χ2v) is 9.49. The highest BCUT2D eigenvalue weighted by Crippen LogP contribution is 2.55. The third kappa shape index (κ3) is 3.49. The zero-order chi connectivity index (χ0) is 23.2. The van der Waals surface area contributed by atoms with Crippen molar-refractivity contribution in [1.29, 1.82) is 0 Å². The number of para-hydroxylation sites is 1. The van der Waals surface area contributed by atoms with Crippen LogP contribution in [0.2, 0.25) is 0 Å². The molecule has 2 aliphatic rings. The lowest BCUT2D eigenvalue weighted by Crippen LogP contribution is -2.50. The molecule has 0 saturated carbocycles. The summed E-state index contributed by atoms with van der Waals surface area (Å²) in [6.45, 7) is 3.79. The van der Waals surface area contributed by atoms with Gasteiger partial charge < -0.3 is 5.32 Å². The molecule has 6 nitrogen and oxygen atoms in total. The van der Waals surface area contributed by atoms with Crippen LogP contribution in [0.1, 0.15) is 16.7 Å². The van der Waals surface area contributed by atoms with Gasteiger partial charge in [-0.15, -0.1) is 11.8 Å². The van der Waals surface area contributed by atoms with Crippen LogP contribution in [0.5, 0.6) is 0 Å². The van der Waals surface area contributed by atoms with Crippen molar-refractivity contribution in [2.75, 3.05) is 27.4 Å². The molecular formula is C26H23N3O3S. The fourth-order valence-corrected chi connectivity index (χ4v) is 5.83. The van der Waals surface area contributed by atoms with E-state index in [1.54, 1.807) is 4.90 Å². The van der Waals surface area contributed by atoms with Crippen molar-refractivity contribution in [3.05, 3.63) is 89.5 Å². The summed E-state index contributed by atoms with van der Waals surface area (Å²) in [5, 5.41) is 2.88. The van der Waals surface area contributed by atoms with Crippen molar-refractivity contribution in [3.63, 3.8) is 0 Å². The Labute approximate surface area is 196 Å². The van der Waals surface area contributed by atoms with Crippen LogP contribution >= 0.6 is 11.8 Å². The number of amides is 3. The summed E-state index contributed by atoms with van der Waals surface area (Å²) in [5.41, 5.74) is 4.84. The van der Waals surface area contributed by atoms with Crippen LogP contribution in [0, 0.1) is 13.8 Å². The summed E-state index contributed by atoms with van der Waals surface area (Å²) in [6, 6.07) is 22.5. The quantitative estimate of drug-likeness (QED) is 0.637. The van der Waals surface area contributed by atoms with Crippen LogP contribution in [0.4, 0.5) is 17.1 Å². The number of fused-ring (bicyclic) bond motifs is 2. The minimum Gasteiger partial charge on any atom is -0.325 e. The molecule has 0 radical (unpaired) electrons. The first-order valence-electron chi connectivity index (χ1n) is 10.7. The molecule has 3 aromatic rings. The minimum atomic E-state index is -1.22. The number of thioether (sulfide) groups is 1. The highest BCUT2D eigenvalue weighted by Gasteiger charge is 2.61. The van der Waals surface area contributed by atoms with Crippen molar-refractivity contribution < 1.29 is 14.4 Å². The summed E-state index contributed by atoms with van der Waals surface area (Å²) in [5.74, 6) is -0.508. The largest absolute Gasteiger partial charge is 0.325 e. The van der Waals surface area contributed by atoms with E-state index in [0.29, 0.717) is 17.1 Å². The first kappa shape index (κ1) is 21.3. The van der Waals surface area contributed by atoms with Crippen molar-refractivity contribution >= 4 is 46.5 Å². The molecule has 33 heavy (non-hydrogen) atoms. The summed E-state index contributed by atoms with van der Waals surface area (Å²) < 4.78 is 0. The third-order valence-corrected chi connectivity index (χ3v) is 7.35. The molecule has 7 heteroatoms. The van der Waals surface area contributed by atoms with E-state index in [-0.39, 0.29) is 30.0 Å². The van der Waals surface area contributed by atoms with Gasteiger partial charge in [0.05, 0.1) is 11.4 Å². The summed E-state index contributed by atoms with van der Waals surface area (Å²) in [4.78, 5) is 41.8. The number of anilines is 3. The van der Waals surface area contributed by atoms with E-state index in [0.717, 1.165) is 16.7 Å². The van der Waals surface area contributed by atoms with E-state index < -0.39 is 4.87 Å². The molecule has 1 N–H and O–H groups in total. The first-order chi connectivity index (χ1) is 15.9. The Kier molecular flexibility index (Phi) is 5.21. The van der Waals surface area contributed by atoms with Crippen molar-refractivity contribution in [2.24, 2.45) is 0 Å². The molecule has 1 spiro atoms. The van der Waals surface area contributed by atoms with Gasteiger partial charge in [-0.2, -0.15) is 0 Å². The van der Waals surface area contributed by atoms with Gasteiger partial charge in [-0.3, -0.25) is 24.2 Å². The second-order valence-electron chi connectivity index (χ2n) is 8.32. The smallest absolute Gasteiger partial charge is 0.269 e. The number of hydrogen-bond donors (Lipinski definition) is 1. The molecule has 0 unspecified atom stereocenters. The Morgan fingerprint density at radius 1 is 0.970 bits per heavy atom. The summed E-state index contributed by atoms with van der Waals surface area (Å²) in [7, 11) is 0. The minimum absolute atomic E-state index is 0.127. The average molecular weight is 458 g/mol. The summed E-state index contributed by atoms with van der Waals surface area (Å²) in [6.07, 6.45) is 0. The lowest BCUT2D eigenvalue weighted by molar-refractivity contribution is -0.124. The number of rotatable bonds is 4. The maximum absolute atomic E-state index is 14.0. The maximum atomic E-state index is 14.0. The second kappa shape index (κ2) is 8.08. The molecule has 3 amide bonds. The van der Waals surface area contributed by atoms with Crippen LogP contribution in [0.15, 0.2) is 72.8 Å². The summed E-state index contributed by atoms with van der Waals surface area (Å²) >= 11 is 1.31. The highest BCUT2D eigenvalue weighted by atomic mass is 32.2. The molecule has 2 heterocycles. The topological polar surface area (TPSA) is 69.7 Å². The number of benzene rings is 3. The van der Waals surface area contributed by atoms with Gasteiger partial charge in [0.25, 0.3) is 5.91 Å². The zero-order valence-corrected chi connectivity index (χ0v) is 19.2. The predicted octanol–water partition coefficient (Wildman–Crippen LogP) is 4.22. The Morgan fingerprint density at radius 3 is 2.48 bits per heavy atom. The molecule has 166 valence electrons. The lowest BCUT2D eigenvalue weighted by Gasteiger charge is -2.33. The van der Waals surface area contributed by atoms with E-state index in [1.165, 1.54) is 16.7 Å². The average Bonchev–Trinajstić information content (AvgIpc) is 3.26. The molecule has 2 aliphatic heterocycles. The van der Waals surface area contributed by atoms with Crippen molar-refractivity contribution in [1.82, 2.24) is 0 Å². The van der Waals surface area contributed by atoms with Gasteiger partial charge in [0, 0.05) is 16.9 Å². The lowest BCUT2D eigenvalue weighted by atomic mass is 10.0. The monoisotopic (exact) mass is 457 g/mol. The Balaban J connectivity index is 1.51. The van der Waals surface area contributed by atoms with Gasteiger partial charge in [0.15, 0.2) is 0 Å². The first-order valence-corrected chi connectivity index (χ1v) is 11.7. The standard InChI is InChI=1S/C26H23N3O3S/c1-17-10-12-20(13-11-17)29-24(31)16-33-26(29)21-8-3-4-9-22(21)28(25(26)32)15-23(30)27-19-7-5-6-18(2)14-19/h3-14H,15-16H2,1-2H3,(H,27,30)/t26-/m1/s1. The molecule has 0 aromatic heterocycles. The molecule has 1 fully saturated rings. The molecule has 3 aromatic carbocycles. The van der Waals surface area contributed by atoms with Crippen molar-refractivity contribution in [2.45, 2.75) is 18.7 Å². The molecule has 0 aliphatic carbocycles. The van der Waals surface area contributed by atoms with Gasteiger partial charge >= 0.3 is 0 Å². The van der Waals surface area contributed by atoms with Crippen molar-refractivity contribution in [3.8, 4) is 0 Å². The van der Waals surface area contributed by atoms with Gasteiger partial charge in [-0.25, -0.2) is 0 Å².